The lowest BCUT2D eigenvalue weighted by Gasteiger charge is -2.29. The Hall–Kier alpha value is -0.870. The second-order valence-electron chi connectivity index (χ2n) is 5.53. The molecule has 2 heterocycles. The summed E-state index contributed by atoms with van der Waals surface area (Å²) in [6, 6.07) is 0. The standard InChI is InChI=1S/C15H26N2O2/c1-4-8-17(10-14-7-5-6-9-18-14)11-15-12(2)16-19-13(15)3/h14H,4-11H2,1-3H3. The molecule has 19 heavy (non-hydrogen) atoms. The number of nitrogens with zero attached hydrogens (tertiary/aromatic N) is 2. The molecule has 0 spiro atoms. The second-order valence-corrected chi connectivity index (χ2v) is 5.53. The van der Waals surface area contributed by atoms with Crippen LogP contribution in [-0.2, 0) is 11.3 Å². The van der Waals surface area contributed by atoms with Gasteiger partial charge in [-0.1, -0.05) is 12.1 Å². The van der Waals surface area contributed by atoms with Gasteiger partial charge in [0.25, 0.3) is 0 Å². The van der Waals surface area contributed by atoms with Gasteiger partial charge in [-0.05, 0) is 46.1 Å². The van der Waals surface area contributed by atoms with Crippen LogP contribution in [0.3, 0.4) is 0 Å². The van der Waals surface area contributed by atoms with Gasteiger partial charge >= 0.3 is 0 Å². The van der Waals surface area contributed by atoms with Crippen molar-refractivity contribution in [3.05, 3.63) is 17.0 Å². The first-order valence-electron chi connectivity index (χ1n) is 7.46. The van der Waals surface area contributed by atoms with Gasteiger partial charge in [-0.25, -0.2) is 0 Å². The Morgan fingerprint density at radius 3 is 2.74 bits per heavy atom. The molecule has 0 amide bonds. The minimum absolute atomic E-state index is 0.403. The maximum atomic E-state index is 5.85. The van der Waals surface area contributed by atoms with E-state index in [4.69, 9.17) is 9.26 Å². The summed E-state index contributed by atoms with van der Waals surface area (Å²) in [7, 11) is 0. The van der Waals surface area contributed by atoms with Gasteiger partial charge in [0.2, 0.25) is 0 Å². The first-order chi connectivity index (χ1) is 9.20. The Kier molecular flexibility index (Phi) is 5.40. The summed E-state index contributed by atoms with van der Waals surface area (Å²) >= 11 is 0. The van der Waals surface area contributed by atoms with Crippen molar-refractivity contribution in [2.45, 2.75) is 59.1 Å². The van der Waals surface area contributed by atoms with Crippen LogP contribution in [0.25, 0.3) is 0 Å². The molecule has 0 bridgehead atoms. The highest BCUT2D eigenvalue weighted by molar-refractivity contribution is 5.20. The number of ether oxygens (including phenoxy) is 1. The highest BCUT2D eigenvalue weighted by Gasteiger charge is 2.19. The zero-order valence-electron chi connectivity index (χ0n) is 12.4. The maximum absolute atomic E-state index is 5.85. The van der Waals surface area contributed by atoms with Crippen molar-refractivity contribution in [1.29, 1.82) is 0 Å². The predicted octanol–water partition coefficient (Wildman–Crippen LogP) is 3.07. The first kappa shape index (κ1) is 14.5. The number of aryl methyl sites for hydroxylation is 2. The average molecular weight is 266 g/mol. The number of hydrogen-bond donors (Lipinski definition) is 0. The summed E-state index contributed by atoms with van der Waals surface area (Å²) < 4.78 is 11.1. The molecule has 0 saturated carbocycles. The van der Waals surface area contributed by atoms with Gasteiger partial charge in [-0.15, -0.1) is 0 Å². The van der Waals surface area contributed by atoms with Gasteiger partial charge in [0.15, 0.2) is 0 Å². The molecule has 0 aromatic carbocycles. The van der Waals surface area contributed by atoms with Crippen molar-refractivity contribution in [2.75, 3.05) is 19.7 Å². The third-order valence-electron chi connectivity index (χ3n) is 3.84. The Morgan fingerprint density at radius 1 is 1.32 bits per heavy atom. The molecular weight excluding hydrogens is 240 g/mol. The van der Waals surface area contributed by atoms with E-state index in [1.807, 2.05) is 13.8 Å². The monoisotopic (exact) mass is 266 g/mol. The lowest BCUT2D eigenvalue weighted by molar-refractivity contribution is -0.00722. The third kappa shape index (κ3) is 4.05. The average Bonchev–Trinajstić information content (AvgIpc) is 2.72. The zero-order chi connectivity index (χ0) is 13.7. The Balaban J connectivity index is 1.95. The molecular formula is C15H26N2O2. The fourth-order valence-electron chi connectivity index (χ4n) is 2.74. The van der Waals surface area contributed by atoms with Gasteiger partial charge in [0.05, 0.1) is 11.8 Å². The van der Waals surface area contributed by atoms with Gasteiger partial charge in [-0.3, -0.25) is 4.90 Å². The molecule has 1 unspecified atom stereocenters. The van der Waals surface area contributed by atoms with Gasteiger partial charge in [0.1, 0.15) is 5.76 Å². The van der Waals surface area contributed by atoms with Crippen molar-refractivity contribution < 1.29 is 9.26 Å². The van der Waals surface area contributed by atoms with Crippen molar-refractivity contribution in [1.82, 2.24) is 10.1 Å². The van der Waals surface area contributed by atoms with E-state index in [1.165, 1.54) is 24.8 Å². The molecule has 1 saturated heterocycles. The lowest BCUT2D eigenvalue weighted by atomic mass is 10.1. The van der Waals surface area contributed by atoms with E-state index in [2.05, 4.69) is 17.0 Å². The van der Waals surface area contributed by atoms with E-state index in [-0.39, 0.29) is 0 Å². The molecule has 4 nitrogen and oxygen atoms in total. The van der Waals surface area contributed by atoms with Crippen LogP contribution in [0.2, 0.25) is 0 Å². The van der Waals surface area contributed by atoms with Crippen LogP contribution in [0.15, 0.2) is 4.52 Å². The fourth-order valence-corrected chi connectivity index (χ4v) is 2.74. The van der Waals surface area contributed by atoms with Crippen LogP contribution in [0.4, 0.5) is 0 Å². The van der Waals surface area contributed by atoms with Crippen LogP contribution in [-0.4, -0.2) is 35.9 Å². The molecule has 2 rings (SSSR count). The second kappa shape index (κ2) is 7.06. The van der Waals surface area contributed by atoms with E-state index in [1.54, 1.807) is 0 Å². The normalized spacial score (nSPS) is 20.1. The van der Waals surface area contributed by atoms with Crippen LogP contribution in [0, 0.1) is 13.8 Å². The predicted molar refractivity (Wildman–Crippen MR) is 75.1 cm³/mol. The van der Waals surface area contributed by atoms with Gasteiger partial charge in [-0.2, -0.15) is 0 Å². The first-order valence-corrected chi connectivity index (χ1v) is 7.46. The van der Waals surface area contributed by atoms with Crippen LogP contribution < -0.4 is 0 Å². The Bertz CT molecular complexity index is 364. The number of hydrogen-bond acceptors (Lipinski definition) is 4. The molecule has 0 aliphatic carbocycles. The zero-order valence-corrected chi connectivity index (χ0v) is 12.4. The fraction of sp³-hybridized carbons (Fsp3) is 0.800. The lowest BCUT2D eigenvalue weighted by Crippen LogP contribution is -2.36. The summed E-state index contributed by atoms with van der Waals surface area (Å²) in [5.74, 6) is 0.947. The van der Waals surface area contributed by atoms with Crippen LogP contribution >= 0.6 is 0 Å². The molecule has 1 aliphatic rings. The smallest absolute Gasteiger partial charge is 0.138 e. The van der Waals surface area contributed by atoms with Crippen molar-refractivity contribution in [3.8, 4) is 0 Å². The molecule has 1 aromatic rings. The maximum Gasteiger partial charge on any atom is 0.138 e. The quantitative estimate of drug-likeness (QED) is 0.793. The highest BCUT2D eigenvalue weighted by Crippen LogP contribution is 2.18. The third-order valence-corrected chi connectivity index (χ3v) is 3.84. The van der Waals surface area contributed by atoms with Crippen molar-refractivity contribution >= 4 is 0 Å². The van der Waals surface area contributed by atoms with E-state index in [9.17, 15) is 0 Å². The van der Waals surface area contributed by atoms with E-state index in [0.717, 1.165) is 44.1 Å². The molecule has 0 N–H and O–H groups in total. The Labute approximate surface area is 116 Å². The summed E-state index contributed by atoms with van der Waals surface area (Å²) in [5.41, 5.74) is 2.26. The van der Waals surface area contributed by atoms with Crippen LogP contribution in [0.5, 0.6) is 0 Å². The van der Waals surface area contributed by atoms with E-state index < -0.39 is 0 Å². The molecule has 1 aliphatic heterocycles. The molecule has 0 radical (unpaired) electrons. The van der Waals surface area contributed by atoms with Crippen molar-refractivity contribution in [3.63, 3.8) is 0 Å². The topological polar surface area (TPSA) is 38.5 Å². The molecule has 4 heteroatoms. The van der Waals surface area contributed by atoms with Gasteiger partial charge in [0, 0.05) is 25.3 Å². The SMILES string of the molecule is CCCN(Cc1c(C)noc1C)CC1CCCCO1. The molecule has 1 fully saturated rings. The number of aromatic nitrogens is 1. The molecule has 108 valence electrons. The number of rotatable bonds is 6. The minimum atomic E-state index is 0.403. The van der Waals surface area contributed by atoms with Gasteiger partial charge < -0.3 is 9.26 Å². The summed E-state index contributed by atoms with van der Waals surface area (Å²) in [6.45, 7) is 10.2. The highest BCUT2D eigenvalue weighted by atomic mass is 16.5. The summed E-state index contributed by atoms with van der Waals surface area (Å²) in [5, 5.41) is 4.04. The van der Waals surface area contributed by atoms with E-state index >= 15 is 0 Å². The van der Waals surface area contributed by atoms with E-state index in [0.29, 0.717) is 6.10 Å². The largest absolute Gasteiger partial charge is 0.377 e. The van der Waals surface area contributed by atoms with Crippen molar-refractivity contribution in [2.24, 2.45) is 0 Å². The Morgan fingerprint density at radius 2 is 2.16 bits per heavy atom. The van der Waals surface area contributed by atoms with Crippen LogP contribution in [0.1, 0.15) is 49.6 Å². The summed E-state index contributed by atoms with van der Waals surface area (Å²) in [6.07, 6.45) is 5.28. The molecule has 1 atom stereocenters. The minimum Gasteiger partial charge on any atom is -0.377 e. The summed E-state index contributed by atoms with van der Waals surface area (Å²) in [4.78, 5) is 2.47. The molecule has 1 aromatic heterocycles.